The second kappa shape index (κ2) is 3.98. The zero-order valence-electron chi connectivity index (χ0n) is 6.04. The van der Waals surface area contributed by atoms with E-state index in [2.05, 4.69) is 16.1 Å². The molecular formula is C8H7ClNO. The van der Waals surface area contributed by atoms with Crippen LogP contribution in [0.1, 0.15) is 5.56 Å². The quantitative estimate of drug-likeness (QED) is 0.490. The van der Waals surface area contributed by atoms with E-state index in [-0.39, 0.29) is 0 Å². The van der Waals surface area contributed by atoms with Crippen molar-refractivity contribution in [2.24, 2.45) is 5.16 Å². The van der Waals surface area contributed by atoms with Crippen molar-refractivity contribution >= 4 is 17.8 Å². The average molecular weight is 169 g/mol. The Morgan fingerprint density at radius 1 is 1.64 bits per heavy atom. The topological polar surface area (TPSA) is 21.6 Å². The summed E-state index contributed by atoms with van der Waals surface area (Å²) in [5.41, 5.74) is 0.913. The number of halogens is 1. The van der Waals surface area contributed by atoms with Gasteiger partial charge in [0.05, 0.1) is 6.21 Å². The van der Waals surface area contributed by atoms with Crippen LogP contribution in [0, 0.1) is 6.07 Å². The van der Waals surface area contributed by atoms with Crippen LogP contribution in [0.15, 0.2) is 23.4 Å². The highest BCUT2D eigenvalue weighted by atomic mass is 35.5. The van der Waals surface area contributed by atoms with Gasteiger partial charge in [0.15, 0.2) is 0 Å². The lowest BCUT2D eigenvalue weighted by Gasteiger charge is -1.90. The van der Waals surface area contributed by atoms with E-state index in [0.717, 1.165) is 5.56 Å². The van der Waals surface area contributed by atoms with Crippen LogP contribution in [0.4, 0.5) is 0 Å². The summed E-state index contributed by atoms with van der Waals surface area (Å²) >= 11 is 5.61. The van der Waals surface area contributed by atoms with Crippen LogP contribution in [-0.2, 0) is 4.84 Å². The SMILES string of the molecule is CO/N=C/c1c[c]c(Cl)cc1. The fraction of sp³-hybridized carbons (Fsp3) is 0.125. The molecule has 0 amide bonds. The van der Waals surface area contributed by atoms with Gasteiger partial charge in [0, 0.05) is 11.1 Å². The van der Waals surface area contributed by atoms with Gasteiger partial charge in [-0.2, -0.15) is 0 Å². The molecule has 0 aromatic heterocycles. The summed E-state index contributed by atoms with van der Waals surface area (Å²) in [5.74, 6) is 0. The molecule has 0 saturated carbocycles. The predicted molar refractivity (Wildman–Crippen MR) is 44.9 cm³/mol. The standard InChI is InChI=1S/C8H7ClNO/c1-11-10-6-7-2-4-8(9)5-3-7/h2-4,6H,1H3/b10-6+. The van der Waals surface area contributed by atoms with Gasteiger partial charge in [-0.3, -0.25) is 0 Å². The molecule has 11 heavy (non-hydrogen) atoms. The van der Waals surface area contributed by atoms with Crippen LogP contribution < -0.4 is 0 Å². The zero-order chi connectivity index (χ0) is 8.10. The minimum absolute atomic E-state index is 0.597. The minimum atomic E-state index is 0.597. The first-order chi connectivity index (χ1) is 5.33. The monoisotopic (exact) mass is 168 g/mol. The maximum Gasteiger partial charge on any atom is 0.106 e. The van der Waals surface area contributed by atoms with Crippen molar-refractivity contribution in [3.05, 3.63) is 34.9 Å². The summed E-state index contributed by atoms with van der Waals surface area (Å²) in [7, 11) is 1.50. The lowest BCUT2D eigenvalue weighted by molar-refractivity contribution is 0.215. The highest BCUT2D eigenvalue weighted by Gasteiger charge is 1.87. The summed E-state index contributed by atoms with van der Waals surface area (Å²) in [6, 6.07) is 8.15. The zero-order valence-corrected chi connectivity index (χ0v) is 6.80. The summed E-state index contributed by atoms with van der Waals surface area (Å²) < 4.78 is 0. The normalized spacial score (nSPS) is 10.4. The lowest BCUT2D eigenvalue weighted by atomic mass is 10.2. The fourth-order valence-electron chi connectivity index (χ4n) is 0.612. The van der Waals surface area contributed by atoms with Crippen molar-refractivity contribution in [2.45, 2.75) is 0 Å². The summed E-state index contributed by atoms with van der Waals surface area (Å²) in [6.07, 6.45) is 1.59. The summed E-state index contributed by atoms with van der Waals surface area (Å²) in [6.45, 7) is 0. The Hall–Kier alpha value is -1.02. The molecule has 0 aliphatic rings. The summed E-state index contributed by atoms with van der Waals surface area (Å²) in [4.78, 5) is 4.50. The van der Waals surface area contributed by atoms with E-state index in [4.69, 9.17) is 11.6 Å². The molecule has 0 N–H and O–H groups in total. The van der Waals surface area contributed by atoms with Crippen LogP contribution in [0.25, 0.3) is 0 Å². The molecule has 0 bridgehead atoms. The van der Waals surface area contributed by atoms with Crippen molar-refractivity contribution < 1.29 is 4.84 Å². The highest BCUT2D eigenvalue weighted by Crippen LogP contribution is 2.06. The molecule has 2 nitrogen and oxygen atoms in total. The Bertz CT molecular complexity index is 243. The van der Waals surface area contributed by atoms with Gasteiger partial charge in [-0.05, 0) is 17.7 Å². The van der Waals surface area contributed by atoms with Gasteiger partial charge in [0.1, 0.15) is 7.11 Å². The molecule has 0 atom stereocenters. The third-order valence-corrected chi connectivity index (χ3v) is 1.34. The number of oxime groups is 1. The van der Waals surface area contributed by atoms with E-state index in [1.54, 1.807) is 18.3 Å². The first-order valence-electron chi connectivity index (χ1n) is 3.06. The molecule has 0 spiro atoms. The van der Waals surface area contributed by atoms with Crippen LogP contribution >= 0.6 is 11.6 Å². The Labute approximate surface area is 70.4 Å². The third kappa shape index (κ3) is 2.60. The molecule has 1 aromatic carbocycles. The van der Waals surface area contributed by atoms with Crippen LogP contribution in [0.5, 0.6) is 0 Å². The predicted octanol–water partition coefficient (Wildman–Crippen LogP) is 2.12. The van der Waals surface area contributed by atoms with Crippen molar-refractivity contribution in [1.82, 2.24) is 0 Å². The van der Waals surface area contributed by atoms with Gasteiger partial charge in [-0.1, -0.05) is 22.8 Å². The number of benzene rings is 1. The van der Waals surface area contributed by atoms with E-state index in [1.165, 1.54) is 7.11 Å². The molecule has 0 saturated heterocycles. The van der Waals surface area contributed by atoms with Crippen molar-refractivity contribution in [1.29, 1.82) is 0 Å². The van der Waals surface area contributed by atoms with Gasteiger partial charge < -0.3 is 4.84 Å². The van der Waals surface area contributed by atoms with Crippen molar-refractivity contribution in [2.75, 3.05) is 7.11 Å². The van der Waals surface area contributed by atoms with E-state index < -0.39 is 0 Å². The fourth-order valence-corrected chi connectivity index (χ4v) is 0.729. The summed E-state index contributed by atoms with van der Waals surface area (Å²) in [5, 5.41) is 4.18. The molecule has 0 aliphatic heterocycles. The largest absolute Gasteiger partial charge is 0.399 e. The number of rotatable bonds is 2. The first-order valence-corrected chi connectivity index (χ1v) is 3.44. The first kappa shape index (κ1) is 8.08. The van der Waals surface area contributed by atoms with Gasteiger partial charge in [-0.25, -0.2) is 0 Å². The van der Waals surface area contributed by atoms with Crippen LogP contribution in [-0.4, -0.2) is 13.3 Å². The number of hydrogen-bond donors (Lipinski definition) is 0. The molecule has 1 radical (unpaired) electrons. The van der Waals surface area contributed by atoms with E-state index in [1.807, 2.05) is 6.07 Å². The average Bonchev–Trinajstić information content (AvgIpc) is 2.04. The Kier molecular flexibility index (Phi) is 2.93. The van der Waals surface area contributed by atoms with E-state index in [0.29, 0.717) is 5.02 Å². The molecule has 0 aliphatic carbocycles. The Morgan fingerprint density at radius 2 is 2.45 bits per heavy atom. The molecule has 0 fully saturated rings. The second-order valence-electron chi connectivity index (χ2n) is 1.89. The van der Waals surface area contributed by atoms with Gasteiger partial charge in [0.2, 0.25) is 0 Å². The number of nitrogens with zero attached hydrogens (tertiary/aromatic N) is 1. The maximum absolute atomic E-state index is 5.61. The van der Waals surface area contributed by atoms with Gasteiger partial charge >= 0.3 is 0 Å². The Morgan fingerprint density at radius 3 is 3.00 bits per heavy atom. The minimum Gasteiger partial charge on any atom is -0.399 e. The molecule has 0 heterocycles. The smallest absolute Gasteiger partial charge is 0.106 e. The third-order valence-electron chi connectivity index (χ3n) is 1.11. The molecule has 3 heteroatoms. The Balaban J connectivity index is 2.73. The second-order valence-corrected chi connectivity index (χ2v) is 2.29. The number of hydrogen-bond acceptors (Lipinski definition) is 2. The molecule has 1 aromatic rings. The molecule has 1 rings (SSSR count). The highest BCUT2D eigenvalue weighted by molar-refractivity contribution is 6.30. The van der Waals surface area contributed by atoms with Crippen LogP contribution in [0.2, 0.25) is 5.02 Å². The molecule has 0 unspecified atom stereocenters. The van der Waals surface area contributed by atoms with Crippen LogP contribution in [0.3, 0.4) is 0 Å². The molecular weight excluding hydrogens is 162 g/mol. The van der Waals surface area contributed by atoms with Gasteiger partial charge in [-0.15, -0.1) is 0 Å². The van der Waals surface area contributed by atoms with Crippen molar-refractivity contribution in [3.63, 3.8) is 0 Å². The van der Waals surface area contributed by atoms with E-state index >= 15 is 0 Å². The lowest BCUT2D eigenvalue weighted by Crippen LogP contribution is -1.80. The van der Waals surface area contributed by atoms with Crippen molar-refractivity contribution in [3.8, 4) is 0 Å². The molecule has 57 valence electrons. The van der Waals surface area contributed by atoms with Gasteiger partial charge in [0.25, 0.3) is 0 Å². The maximum atomic E-state index is 5.61. The van der Waals surface area contributed by atoms with E-state index in [9.17, 15) is 0 Å².